The lowest BCUT2D eigenvalue weighted by atomic mass is 10.3. The largest absolute Gasteiger partial charge is 0.484 e. The summed E-state index contributed by atoms with van der Waals surface area (Å²) in [5.41, 5.74) is 0.302. The van der Waals surface area contributed by atoms with E-state index in [0.717, 1.165) is 11.8 Å². The van der Waals surface area contributed by atoms with Crippen molar-refractivity contribution >= 4 is 17.0 Å². The molecule has 0 aliphatic carbocycles. The predicted octanol–water partition coefficient (Wildman–Crippen LogP) is 4.34. The Labute approximate surface area is 134 Å². The number of aryl methyl sites for hydroxylation is 1. The van der Waals surface area contributed by atoms with Crippen molar-refractivity contribution in [3.05, 3.63) is 63.1 Å². The number of thiazole rings is 1. The van der Waals surface area contributed by atoms with E-state index in [-0.39, 0.29) is 18.0 Å². The summed E-state index contributed by atoms with van der Waals surface area (Å²) >= 11 is 1.39. The van der Waals surface area contributed by atoms with Crippen molar-refractivity contribution in [3.63, 3.8) is 0 Å². The number of benzene rings is 1. The lowest BCUT2D eigenvalue weighted by Gasteiger charge is -2.05. The zero-order chi connectivity index (χ0) is 16.4. The molecule has 0 saturated carbocycles. The minimum Gasteiger partial charge on any atom is -0.484 e. The van der Waals surface area contributed by atoms with E-state index >= 15 is 0 Å². The highest BCUT2D eigenvalue weighted by Crippen LogP contribution is 2.27. The Morgan fingerprint density at radius 1 is 1.39 bits per heavy atom. The van der Waals surface area contributed by atoms with Crippen LogP contribution in [0.2, 0.25) is 0 Å². The van der Waals surface area contributed by atoms with Crippen LogP contribution in [0, 0.1) is 22.9 Å². The zero-order valence-electron chi connectivity index (χ0n) is 12.0. The number of aromatic nitrogens is 1. The topological polar surface area (TPSA) is 78.4 Å². The number of hydrogen-bond donors (Lipinski definition) is 0. The summed E-state index contributed by atoms with van der Waals surface area (Å²) in [7, 11) is 0. The van der Waals surface area contributed by atoms with Gasteiger partial charge in [-0.25, -0.2) is 9.37 Å². The van der Waals surface area contributed by atoms with Gasteiger partial charge in [0.2, 0.25) is 0 Å². The first-order valence-corrected chi connectivity index (χ1v) is 7.49. The van der Waals surface area contributed by atoms with E-state index in [4.69, 9.17) is 9.15 Å². The molecule has 8 heteroatoms. The molecule has 0 saturated heterocycles. The smallest absolute Gasteiger partial charge is 0.272 e. The molecule has 0 amide bonds. The number of nitrogens with zero attached hydrogens (tertiary/aromatic N) is 2. The Balaban J connectivity index is 1.69. The Kier molecular flexibility index (Phi) is 4.07. The summed E-state index contributed by atoms with van der Waals surface area (Å²) in [4.78, 5) is 14.3. The fourth-order valence-electron chi connectivity index (χ4n) is 1.91. The Morgan fingerprint density at radius 2 is 2.22 bits per heavy atom. The van der Waals surface area contributed by atoms with Crippen LogP contribution in [0.25, 0.3) is 10.8 Å². The molecular formula is C15H11FN2O4S. The molecule has 118 valence electrons. The van der Waals surface area contributed by atoms with Gasteiger partial charge in [-0.05, 0) is 25.1 Å². The second kappa shape index (κ2) is 6.17. The maximum Gasteiger partial charge on any atom is 0.272 e. The van der Waals surface area contributed by atoms with Crippen LogP contribution in [-0.4, -0.2) is 9.91 Å². The van der Waals surface area contributed by atoms with E-state index in [0.29, 0.717) is 16.5 Å². The van der Waals surface area contributed by atoms with Gasteiger partial charge in [0.1, 0.15) is 12.4 Å². The number of hydrogen-bond acceptors (Lipinski definition) is 6. The van der Waals surface area contributed by atoms with Crippen LogP contribution < -0.4 is 4.74 Å². The minimum atomic E-state index is -0.781. The predicted molar refractivity (Wildman–Crippen MR) is 81.9 cm³/mol. The van der Waals surface area contributed by atoms with Gasteiger partial charge in [-0.2, -0.15) is 0 Å². The van der Waals surface area contributed by atoms with E-state index in [2.05, 4.69) is 4.98 Å². The van der Waals surface area contributed by atoms with Crippen LogP contribution in [0.5, 0.6) is 5.75 Å². The normalized spacial score (nSPS) is 10.7. The molecule has 1 aromatic carbocycles. The third-order valence-electron chi connectivity index (χ3n) is 3.00. The van der Waals surface area contributed by atoms with Crippen molar-refractivity contribution in [3.8, 4) is 16.5 Å². The summed E-state index contributed by atoms with van der Waals surface area (Å²) in [5.74, 6) is 0.622. The molecule has 2 heterocycles. The van der Waals surface area contributed by atoms with E-state index in [9.17, 15) is 14.5 Å². The lowest BCUT2D eigenvalue weighted by molar-refractivity contribution is -0.385. The fourth-order valence-corrected chi connectivity index (χ4v) is 2.67. The van der Waals surface area contributed by atoms with Crippen molar-refractivity contribution in [1.82, 2.24) is 4.98 Å². The number of furan rings is 1. The first kappa shape index (κ1) is 15.2. The number of non-ortho nitro benzene ring substituents is 1. The third kappa shape index (κ3) is 3.37. The van der Waals surface area contributed by atoms with Crippen LogP contribution in [0.15, 0.2) is 40.1 Å². The molecule has 0 N–H and O–H groups in total. The molecule has 2 aromatic heterocycles. The minimum absolute atomic E-state index is 0.0565. The summed E-state index contributed by atoms with van der Waals surface area (Å²) in [5, 5.41) is 13.1. The van der Waals surface area contributed by atoms with Gasteiger partial charge in [0.25, 0.3) is 5.69 Å². The average Bonchev–Trinajstić information content (AvgIpc) is 3.14. The van der Waals surface area contributed by atoms with Crippen molar-refractivity contribution in [2.75, 3.05) is 0 Å². The highest BCUT2D eigenvalue weighted by Gasteiger charge is 2.13. The second-order valence-corrected chi connectivity index (χ2v) is 5.57. The van der Waals surface area contributed by atoms with Crippen molar-refractivity contribution < 1.29 is 18.5 Å². The van der Waals surface area contributed by atoms with Gasteiger partial charge in [0.05, 0.1) is 16.7 Å². The van der Waals surface area contributed by atoms with Gasteiger partial charge in [-0.15, -0.1) is 11.3 Å². The maximum absolute atomic E-state index is 13.7. The number of rotatable bonds is 5. The Hall–Kier alpha value is -2.74. The van der Waals surface area contributed by atoms with E-state index < -0.39 is 10.7 Å². The van der Waals surface area contributed by atoms with Crippen LogP contribution in [-0.2, 0) is 6.61 Å². The SMILES string of the molecule is Cc1ccc(-c2nc(COc3ccc([N+](=O)[O-])cc3F)cs2)o1. The molecule has 0 aliphatic heterocycles. The van der Waals surface area contributed by atoms with Crippen molar-refractivity contribution in [2.24, 2.45) is 0 Å². The average molecular weight is 334 g/mol. The third-order valence-corrected chi connectivity index (χ3v) is 3.91. The lowest BCUT2D eigenvalue weighted by Crippen LogP contribution is -1.98. The molecule has 0 atom stereocenters. The molecule has 0 radical (unpaired) electrons. The van der Waals surface area contributed by atoms with Gasteiger partial charge >= 0.3 is 0 Å². The standard InChI is InChI=1S/C15H11FN2O4S/c1-9-2-4-14(22-9)15-17-10(8-23-15)7-21-13-5-3-11(18(19)20)6-12(13)16/h2-6,8H,7H2,1H3. The van der Waals surface area contributed by atoms with Gasteiger partial charge < -0.3 is 9.15 Å². The summed E-state index contributed by atoms with van der Waals surface area (Å²) in [6, 6.07) is 6.93. The maximum atomic E-state index is 13.7. The van der Waals surface area contributed by atoms with Crippen molar-refractivity contribution in [2.45, 2.75) is 13.5 Å². The van der Waals surface area contributed by atoms with E-state index in [1.54, 1.807) is 5.38 Å². The second-order valence-electron chi connectivity index (χ2n) is 4.71. The quantitative estimate of drug-likeness (QED) is 0.512. The fraction of sp³-hybridized carbons (Fsp3) is 0.133. The first-order valence-electron chi connectivity index (χ1n) is 6.61. The zero-order valence-corrected chi connectivity index (χ0v) is 12.8. The van der Waals surface area contributed by atoms with Crippen molar-refractivity contribution in [1.29, 1.82) is 0 Å². The first-order chi connectivity index (χ1) is 11.0. The van der Waals surface area contributed by atoms with Crippen LogP contribution in [0.3, 0.4) is 0 Å². The van der Waals surface area contributed by atoms with Gasteiger partial charge in [-0.3, -0.25) is 10.1 Å². The Morgan fingerprint density at radius 3 is 2.87 bits per heavy atom. The van der Waals surface area contributed by atoms with Gasteiger partial charge in [0, 0.05) is 11.4 Å². The summed E-state index contributed by atoms with van der Waals surface area (Å²) in [6.07, 6.45) is 0. The molecule has 0 aliphatic rings. The monoisotopic (exact) mass is 334 g/mol. The summed E-state index contributed by atoms with van der Waals surface area (Å²) < 4.78 is 24.5. The number of ether oxygens (including phenoxy) is 1. The number of nitro benzene ring substituents is 1. The van der Waals surface area contributed by atoms with Gasteiger partial charge in [0.15, 0.2) is 22.3 Å². The molecule has 0 unspecified atom stereocenters. The molecule has 3 aromatic rings. The van der Waals surface area contributed by atoms with E-state index in [1.807, 2.05) is 19.1 Å². The molecular weight excluding hydrogens is 323 g/mol. The number of halogens is 1. The summed E-state index contributed by atoms with van der Waals surface area (Å²) in [6.45, 7) is 1.91. The van der Waals surface area contributed by atoms with E-state index in [1.165, 1.54) is 23.5 Å². The molecule has 0 bridgehead atoms. The Bertz CT molecular complexity index is 859. The highest BCUT2D eigenvalue weighted by molar-refractivity contribution is 7.13. The molecule has 23 heavy (non-hydrogen) atoms. The molecule has 3 rings (SSSR count). The van der Waals surface area contributed by atoms with Crippen LogP contribution >= 0.6 is 11.3 Å². The molecule has 0 fully saturated rings. The van der Waals surface area contributed by atoms with Crippen LogP contribution in [0.4, 0.5) is 10.1 Å². The molecule has 0 spiro atoms. The highest BCUT2D eigenvalue weighted by atomic mass is 32.1. The van der Waals surface area contributed by atoms with Crippen LogP contribution in [0.1, 0.15) is 11.5 Å². The molecule has 6 nitrogen and oxygen atoms in total. The number of nitro groups is 1. The van der Waals surface area contributed by atoms with Gasteiger partial charge in [-0.1, -0.05) is 0 Å².